The second-order valence-electron chi connectivity index (χ2n) is 5.94. The Morgan fingerprint density at radius 2 is 2.00 bits per heavy atom. The van der Waals surface area contributed by atoms with E-state index >= 15 is 0 Å². The molecule has 1 aromatic heterocycles. The summed E-state index contributed by atoms with van der Waals surface area (Å²) in [5.74, 6) is 1.27. The highest BCUT2D eigenvalue weighted by Crippen LogP contribution is 2.37. The molecule has 128 valence electrons. The average molecular weight is 354 g/mol. The number of ether oxygens (including phenoxy) is 2. The van der Waals surface area contributed by atoms with Crippen molar-refractivity contribution in [2.75, 3.05) is 6.79 Å². The standard InChI is InChI=1S/C19H18N2O3S/c1-3-8-21-14-9-15-16(24-11-23-15)10-17(14)25-19(21)20-18(22)13-7-5-4-6-12(13)2/h4-7,9-10H,3,8,11H2,1-2H3. The largest absolute Gasteiger partial charge is 0.454 e. The van der Waals surface area contributed by atoms with Crippen molar-refractivity contribution in [2.24, 2.45) is 4.99 Å². The maximum absolute atomic E-state index is 12.6. The van der Waals surface area contributed by atoms with Gasteiger partial charge in [-0.2, -0.15) is 4.99 Å². The number of hydrogen-bond donors (Lipinski definition) is 0. The van der Waals surface area contributed by atoms with Gasteiger partial charge < -0.3 is 14.0 Å². The Hall–Kier alpha value is -2.60. The van der Waals surface area contributed by atoms with Crippen molar-refractivity contribution in [2.45, 2.75) is 26.8 Å². The highest BCUT2D eigenvalue weighted by molar-refractivity contribution is 7.16. The van der Waals surface area contributed by atoms with Gasteiger partial charge >= 0.3 is 0 Å². The number of hydrogen-bond acceptors (Lipinski definition) is 4. The average Bonchev–Trinajstić information content (AvgIpc) is 3.18. The van der Waals surface area contributed by atoms with Crippen molar-refractivity contribution >= 4 is 27.5 Å². The van der Waals surface area contributed by atoms with Gasteiger partial charge in [0, 0.05) is 24.2 Å². The van der Waals surface area contributed by atoms with Crippen LogP contribution in [0.2, 0.25) is 0 Å². The van der Waals surface area contributed by atoms with Crippen LogP contribution in [0, 0.1) is 6.92 Å². The molecule has 0 saturated heterocycles. The van der Waals surface area contributed by atoms with Crippen molar-refractivity contribution < 1.29 is 14.3 Å². The van der Waals surface area contributed by atoms with Crippen LogP contribution in [0.3, 0.4) is 0 Å². The van der Waals surface area contributed by atoms with Crippen LogP contribution in [0.5, 0.6) is 11.5 Å². The van der Waals surface area contributed by atoms with Crippen molar-refractivity contribution in [3.8, 4) is 11.5 Å². The maximum Gasteiger partial charge on any atom is 0.279 e. The lowest BCUT2D eigenvalue weighted by molar-refractivity contribution is 0.0997. The van der Waals surface area contributed by atoms with Crippen molar-refractivity contribution in [3.63, 3.8) is 0 Å². The van der Waals surface area contributed by atoms with Gasteiger partial charge in [-0.05, 0) is 25.0 Å². The molecule has 6 heteroatoms. The second kappa shape index (κ2) is 6.37. The van der Waals surface area contributed by atoms with E-state index in [9.17, 15) is 4.79 Å². The molecule has 5 nitrogen and oxygen atoms in total. The summed E-state index contributed by atoms with van der Waals surface area (Å²) in [5.41, 5.74) is 2.59. The molecule has 0 bridgehead atoms. The van der Waals surface area contributed by atoms with Gasteiger partial charge in [0.1, 0.15) is 0 Å². The molecule has 1 aliphatic heterocycles. The van der Waals surface area contributed by atoms with E-state index in [2.05, 4.69) is 16.5 Å². The number of carbonyl (C=O) groups excluding carboxylic acids is 1. The summed E-state index contributed by atoms with van der Waals surface area (Å²) in [6.07, 6.45) is 0.950. The lowest BCUT2D eigenvalue weighted by Crippen LogP contribution is -2.17. The SMILES string of the molecule is CCCn1c(=NC(=O)c2ccccc2C)sc2cc3c(cc21)OCO3. The first-order valence-corrected chi connectivity index (χ1v) is 9.06. The number of rotatable bonds is 3. The first kappa shape index (κ1) is 15.9. The Kier molecular flexibility index (Phi) is 4.05. The van der Waals surface area contributed by atoms with Crippen LogP contribution < -0.4 is 14.3 Å². The van der Waals surface area contributed by atoms with Crippen LogP contribution >= 0.6 is 11.3 Å². The lowest BCUT2D eigenvalue weighted by Gasteiger charge is -2.04. The zero-order valence-corrected chi connectivity index (χ0v) is 14.9. The van der Waals surface area contributed by atoms with Crippen molar-refractivity contribution in [1.82, 2.24) is 4.57 Å². The van der Waals surface area contributed by atoms with Crippen LogP contribution in [0.15, 0.2) is 41.4 Å². The van der Waals surface area contributed by atoms with E-state index in [4.69, 9.17) is 9.47 Å². The number of nitrogens with zero attached hydrogens (tertiary/aromatic N) is 2. The summed E-state index contributed by atoms with van der Waals surface area (Å²) in [5, 5.41) is 0. The van der Waals surface area contributed by atoms with Gasteiger partial charge in [0.2, 0.25) is 6.79 Å². The van der Waals surface area contributed by atoms with Gasteiger partial charge in [-0.1, -0.05) is 36.5 Å². The molecule has 3 aromatic rings. The highest BCUT2D eigenvalue weighted by Gasteiger charge is 2.18. The van der Waals surface area contributed by atoms with Gasteiger partial charge in [-0.25, -0.2) is 0 Å². The summed E-state index contributed by atoms with van der Waals surface area (Å²) < 4.78 is 14.1. The van der Waals surface area contributed by atoms with E-state index < -0.39 is 0 Å². The topological polar surface area (TPSA) is 52.8 Å². The van der Waals surface area contributed by atoms with Crippen molar-refractivity contribution in [3.05, 3.63) is 52.3 Å². The molecule has 0 aliphatic carbocycles. The molecule has 0 radical (unpaired) electrons. The minimum atomic E-state index is -0.213. The Morgan fingerprint density at radius 3 is 2.76 bits per heavy atom. The van der Waals surface area contributed by atoms with Gasteiger partial charge in [-0.3, -0.25) is 4.79 Å². The van der Waals surface area contributed by atoms with E-state index in [0.717, 1.165) is 40.2 Å². The molecular weight excluding hydrogens is 336 g/mol. The third kappa shape index (κ3) is 2.82. The molecular formula is C19H18N2O3S. The number of benzene rings is 2. The number of carbonyl (C=O) groups is 1. The molecule has 0 N–H and O–H groups in total. The number of aromatic nitrogens is 1. The smallest absolute Gasteiger partial charge is 0.279 e. The maximum atomic E-state index is 12.6. The molecule has 4 rings (SSSR count). The Labute approximate surface area is 149 Å². The quantitative estimate of drug-likeness (QED) is 0.717. The first-order valence-electron chi connectivity index (χ1n) is 8.25. The summed E-state index contributed by atoms with van der Waals surface area (Å²) in [6, 6.07) is 11.5. The van der Waals surface area contributed by atoms with E-state index in [0.29, 0.717) is 10.4 Å². The van der Waals surface area contributed by atoms with Crippen LogP contribution in [0.4, 0.5) is 0 Å². The van der Waals surface area contributed by atoms with Gasteiger partial charge in [-0.15, -0.1) is 0 Å². The normalized spacial score (nSPS) is 13.6. The summed E-state index contributed by atoms with van der Waals surface area (Å²) in [7, 11) is 0. The molecule has 25 heavy (non-hydrogen) atoms. The third-order valence-corrected chi connectivity index (χ3v) is 5.24. The minimum Gasteiger partial charge on any atom is -0.454 e. The molecule has 1 aliphatic rings. The molecule has 0 fully saturated rings. The Bertz CT molecular complexity index is 1030. The fourth-order valence-corrected chi connectivity index (χ4v) is 4.01. The molecule has 2 heterocycles. The van der Waals surface area contributed by atoms with E-state index in [1.54, 1.807) is 0 Å². The minimum absolute atomic E-state index is 0.213. The number of fused-ring (bicyclic) bond motifs is 2. The summed E-state index contributed by atoms with van der Waals surface area (Å²) >= 11 is 1.50. The monoisotopic (exact) mass is 354 g/mol. The molecule has 0 unspecified atom stereocenters. The van der Waals surface area contributed by atoms with Gasteiger partial charge in [0.05, 0.1) is 10.2 Å². The van der Waals surface area contributed by atoms with E-state index in [-0.39, 0.29) is 12.7 Å². The van der Waals surface area contributed by atoms with Crippen LogP contribution in [-0.4, -0.2) is 17.3 Å². The van der Waals surface area contributed by atoms with Crippen LogP contribution in [0.25, 0.3) is 10.2 Å². The molecule has 0 spiro atoms. The fraction of sp³-hybridized carbons (Fsp3) is 0.263. The lowest BCUT2D eigenvalue weighted by atomic mass is 10.1. The molecule has 0 atom stereocenters. The fourth-order valence-electron chi connectivity index (χ4n) is 2.94. The second-order valence-corrected chi connectivity index (χ2v) is 6.95. The van der Waals surface area contributed by atoms with Gasteiger partial charge in [0.15, 0.2) is 16.3 Å². The van der Waals surface area contributed by atoms with E-state index in [1.807, 2.05) is 43.3 Å². The molecule has 0 saturated carbocycles. The molecule has 1 amide bonds. The first-order chi connectivity index (χ1) is 12.2. The summed E-state index contributed by atoms with van der Waals surface area (Å²) in [6.45, 7) is 5.08. The van der Waals surface area contributed by atoms with Crippen LogP contribution in [0.1, 0.15) is 29.3 Å². The zero-order chi connectivity index (χ0) is 17.4. The number of aryl methyl sites for hydroxylation is 2. The Balaban J connectivity index is 1.87. The molecule has 2 aromatic carbocycles. The number of amides is 1. The van der Waals surface area contributed by atoms with E-state index in [1.165, 1.54) is 11.3 Å². The highest BCUT2D eigenvalue weighted by atomic mass is 32.1. The van der Waals surface area contributed by atoms with Crippen LogP contribution in [-0.2, 0) is 6.54 Å². The number of thiazole rings is 1. The van der Waals surface area contributed by atoms with Crippen molar-refractivity contribution in [1.29, 1.82) is 0 Å². The van der Waals surface area contributed by atoms with Gasteiger partial charge in [0.25, 0.3) is 5.91 Å². The zero-order valence-electron chi connectivity index (χ0n) is 14.1. The predicted molar refractivity (Wildman–Crippen MR) is 97.3 cm³/mol. The third-order valence-electron chi connectivity index (χ3n) is 4.20. The predicted octanol–water partition coefficient (Wildman–Crippen LogP) is 3.89. The summed E-state index contributed by atoms with van der Waals surface area (Å²) in [4.78, 5) is 17.8. The Morgan fingerprint density at radius 1 is 1.24 bits per heavy atom.